The molecular weight excluding hydrogens is 350 g/mol. The SMILES string of the molecule is COc1ccc(CCNc2ccnc(C(=O)Nc3c(C)cccc3C)c2)cc1. The number of amides is 1. The Hall–Kier alpha value is -3.34. The van der Waals surface area contributed by atoms with Crippen molar-refractivity contribution in [1.29, 1.82) is 0 Å². The van der Waals surface area contributed by atoms with Crippen LogP contribution in [0.25, 0.3) is 0 Å². The van der Waals surface area contributed by atoms with E-state index in [9.17, 15) is 4.79 Å². The standard InChI is InChI=1S/C23H25N3O2/c1-16-5-4-6-17(2)22(16)26-23(27)21-15-19(12-14-25-21)24-13-11-18-7-9-20(28-3)10-8-18/h4-10,12,14-15H,11,13H2,1-3H3,(H,24,25)(H,26,27). The molecule has 0 aliphatic carbocycles. The van der Waals surface area contributed by atoms with Crippen LogP contribution in [0.4, 0.5) is 11.4 Å². The van der Waals surface area contributed by atoms with E-state index in [1.54, 1.807) is 19.4 Å². The van der Waals surface area contributed by atoms with Gasteiger partial charge in [-0.2, -0.15) is 0 Å². The van der Waals surface area contributed by atoms with Crippen LogP contribution in [0.5, 0.6) is 5.75 Å². The van der Waals surface area contributed by atoms with Gasteiger partial charge in [0, 0.05) is 24.1 Å². The smallest absolute Gasteiger partial charge is 0.274 e. The number of nitrogens with one attached hydrogen (secondary N) is 2. The minimum Gasteiger partial charge on any atom is -0.497 e. The van der Waals surface area contributed by atoms with Gasteiger partial charge in [-0.25, -0.2) is 0 Å². The lowest BCUT2D eigenvalue weighted by Crippen LogP contribution is -2.16. The molecule has 3 aromatic rings. The summed E-state index contributed by atoms with van der Waals surface area (Å²) in [5.74, 6) is 0.640. The summed E-state index contributed by atoms with van der Waals surface area (Å²) in [5, 5.41) is 6.33. The number of pyridine rings is 1. The summed E-state index contributed by atoms with van der Waals surface area (Å²) in [6, 6.07) is 17.6. The monoisotopic (exact) mass is 375 g/mol. The van der Waals surface area contributed by atoms with Crippen molar-refractivity contribution in [3.05, 3.63) is 83.2 Å². The first-order valence-electron chi connectivity index (χ1n) is 9.27. The van der Waals surface area contributed by atoms with Gasteiger partial charge in [0.15, 0.2) is 0 Å². The van der Waals surface area contributed by atoms with E-state index < -0.39 is 0 Å². The molecule has 2 N–H and O–H groups in total. The Bertz CT molecular complexity index is 932. The number of rotatable bonds is 7. The Kier molecular flexibility index (Phi) is 6.27. The van der Waals surface area contributed by atoms with E-state index in [-0.39, 0.29) is 5.91 Å². The summed E-state index contributed by atoms with van der Waals surface area (Å²) in [5.41, 5.74) is 5.37. The van der Waals surface area contributed by atoms with Crippen LogP contribution in [-0.4, -0.2) is 24.5 Å². The maximum Gasteiger partial charge on any atom is 0.274 e. The highest BCUT2D eigenvalue weighted by Gasteiger charge is 2.11. The number of ether oxygens (including phenoxy) is 1. The van der Waals surface area contributed by atoms with E-state index in [1.165, 1.54) is 5.56 Å². The molecule has 0 unspecified atom stereocenters. The van der Waals surface area contributed by atoms with Gasteiger partial charge in [0.2, 0.25) is 0 Å². The van der Waals surface area contributed by atoms with Crippen LogP contribution in [0, 0.1) is 13.8 Å². The van der Waals surface area contributed by atoms with Gasteiger partial charge in [0.1, 0.15) is 11.4 Å². The Morgan fingerprint density at radius 2 is 1.75 bits per heavy atom. The number of para-hydroxylation sites is 1. The molecule has 0 bridgehead atoms. The van der Waals surface area contributed by atoms with Gasteiger partial charge < -0.3 is 15.4 Å². The topological polar surface area (TPSA) is 63.2 Å². The van der Waals surface area contributed by atoms with Crippen LogP contribution in [0.3, 0.4) is 0 Å². The minimum atomic E-state index is -0.212. The lowest BCUT2D eigenvalue weighted by atomic mass is 10.1. The van der Waals surface area contributed by atoms with Crippen LogP contribution in [0.2, 0.25) is 0 Å². The molecule has 0 fully saturated rings. The number of methoxy groups -OCH3 is 1. The van der Waals surface area contributed by atoms with Gasteiger partial charge in [-0.05, 0) is 61.2 Å². The molecule has 1 amide bonds. The van der Waals surface area contributed by atoms with Crippen LogP contribution in [0.15, 0.2) is 60.8 Å². The summed E-state index contributed by atoms with van der Waals surface area (Å²) >= 11 is 0. The number of benzene rings is 2. The Balaban J connectivity index is 1.60. The van der Waals surface area contributed by atoms with Crippen molar-refractivity contribution >= 4 is 17.3 Å². The number of anilines is 2. The molecule has 5 heteroatoms. The second kappa shape index (κ2) is 9.04. The number of hydrogen-bond donors (Lipinski definition) is 2. The number of aryl methyl sites for hydroxylation is 2. The fourth-order valence-electron chi connectivity index (χ4n) is 3.00. The zero-order chi connectivity index (χ0) is 19.9. The first-order valence-corrected chi connectivity index (χ1v) is 9.27. The number of aromatic nitrogens is 1. The fourth-order valence-corrected chi connectivity index (χ4v) is 3.00. The van der Waals surface area contributed by atoms with E-state index in [2.05, 4.69) is 27.8 Å². The van der Waals surface area contributed by atoms with Gasteiger partial charge in [-0.3, -0.25) is 9.78 Å². The molecular formula is C23H25N3O2. The van der Waals surface area contributed by atoms with Gasteiger partial charge in [0.25, 0.3) is 5.91 Å². The molecule has 0 saturated heterocycles. The number of carbonyl (C=O) groups excluding carboxylic acids is 1. The highest BCUT2D eigenvalue weighted by atomic mass is 16.5. The normalized spacial score (nSPS) is 10.4. The Morgan fingerprint density at radius 1 is 1.04 bits per heavy atom. The third-order valence-electron chi connectivity index (χ3n) is 4.61. The molecule has 3 rings (SSSR count). The zero-order valence-corrected chi connectivity index (χ0v) is 16.5. The van der Waals surface area contributed by atoms with Crippen molar-refractivity contribution in [3.63, 3.8) is 0 Å². The molecule has 0 atom stereocenters. The summed E-state index contributed by atoms with van der Waals surface area (Å²) < 4.78 is 5.18. The van der Waals surface area contributed by atoms with Crippen molar-refractivity contribution in [2.75, 3.05) is 24.3 Å². The van der Waals surface area contributed by atoms with E-state index >= 15 is 0 Å². The predicted octanol–water partition coefficient (Wildman–Crippen LogP) is 4.61. The van der Waals surface area contributed by atoms with Gasteiger partial charge in [-0.15, -0.1) is 0 Å². The zero-order valence-electron chi connectivity index (χ0n) is 16.5. The molecule has 0 aliphatic rings. The molecule has 0 aliphatic heterocycles. The van der Waals surface area contributed by atoms with E-state index in [1.807, 2.05) is 50.2 Å². The number of hydrogen-bond acceptors (Lipinski definition) is 4. The molecule has 1 aromatic heterocycles. The first-order chi connectivity index (χ1) is 13.6. The van der Waals surface area contributed by atoms with Gasteiger partial charge in [-0.1, -0.05) is 30.3 Å². The average Bonchev–Trinajstić information content (AvgIpc) is 2.71. The van der Waals surface area contributed by atoms with E-state index in [0.29, 0.717) is 5.69 Å². The third-order valence-corrected chi connectivity index (χ3v) is 4.61. The number of carbonyl (C=O) groups is 1. The lowest BCUT2D eigenvalue weighted by Gasteiger charge is -2.12. The molecule has 5 nitrogen and oxygen atoms in total. The predicted molar refractivity (Wildman–Crippen MR) is 113 cm³/mol. The molecule has 0 radical (unpaired) electrons. The molecule has 0 saturated carbocycles. The first kappa shape index (κ1) is 19.4. The maximum absolute atomic E-state index is 12.6. The average molecular weight is 375 g/mol. The Morgan fingerprint density at radius 3 is 2.43 bits per heavy atom. The lowest BCUT2D eigenvalue weighted by molar-refractivity contribution is 0.102. The molecule has 1 heterocycles. The Labute approximate surface area is 165 Å². The second-order valence-electron chi connectivity index (χ2n) is 6.68. The fraction of sp³-hybridized carbons (Fsp3) is 0.217. The molecule has 144 valence electrons. The summed E-state index contributed by atoms with van der Waals surface area (Å²) in [4.78, 5) is 16.8. The summed E-state index contributed by atoms with van der Waals surface area (Å²) in [6.07, 6.45) is 2.52. The van der Waals surface area contributed by atoms with E-state index in [4.69, 9.17) is 4.74 Å². The highest BCUT2D eigenvalue weighted by Crippen LogP contribution is 2.20. The van der Waals surface area contributed by atoms with Gasteiger partial charge in [0.05, 0.1) is 7.11 Å². The maximum atomic E-state index is 12.6. The second-order valence-corrected chi connectivity index (χ2v) is 6.68. The quantitative estimate of drug-likeness (QED) is 0.633. The van der Waals surface area contributed by atoms with Crippen LogP contribution in [0.1, 0.15) is 27.2 Å². The summed E-state index contributed by atoms with van der Waals surface area (Å²) in [6.45, 7) is 4.72. The van der Waals surface area contributed by atoms with Crippen molar-refractivity contribution in [1.82, 2.24) is 4.98 Å². The molecule has 28 heavy (non-hydrogen) atoms. The van der Waals surface area contributed by atoms with Crippen LogP contribution < -0.4 is 15.4 Å². The molecule has 0 spiro atoms. The van der Waals surface area contributed by atoms with Crippen molar-refractivity contribution in [2.45, 2.75) is 20.3 Å². The van der Waals surface area contributed by atoms with Crippen LogP contribution >= 0.6 is 0 Å². The van der Waals surface area contributed by atoms with E-state index in [0.717, 1.165) is 41.2 Å². The molecule has 2 aromatic carbocycles. The van der Waals surface area contributed by atoms with Crippen molar-refractivity contribution in [3.8, 4) is 5.75 Å². The minimum absolute atomic E-state index is 0.212. The third kappa shape index (κ3) is 4.88. The summed E-state index contributed by atoms with van der Waals surface area (Å²) in [7, 11) is 1.66. The van der Waals surface area contributed by atoms with Crippen molar-refractivity contribution in [2.24, 2.45) is 0 Å². The largest absolute Gasteiger partial charge is 0.497 e. The van der Waals surface area contributed by atoms with Gasteiger partial charge >= 0.3 is 0 Å². The highest BCUT2D eigenvalue weighted by molar-refractivity contribution is 6.04. The van der Waals surface area contributed by atoms with Crippen molar-refractivity contribution < 1.29 is 9.53 Å². The van der Waals surface area contributed by atoms with Crippen LogP contribution in [-0.2, 0) is 6.42 Å². The number of nitrogens with zero attached hydrogens (tertiary/aromatic N) is 1.